The lowest BCUT2D eigenvalue weighted by Gasteiger charge is -2.10. The normalized spacial score (nSPS) is 10.9. The third kappa shape index (κ3) is 1.78. The highest BCUT2D eigenvalue weighted by atomic mass is 16.4. The number of hydrogen-bond acceptors (Lipinski definition) is 1. The van der Waals surface area contributed by atoms with Gasteiger partial charge >= 0.3 is 5.97 Å². The number of carbonyl (C=O) groups is 1. The van der Waals surface area contributed by atoms with Gasteiger partial charge in [-0.15, -0.1) is 0 Å². The first-order valence-corrected chi connectivity index (χ1v) is 5.35. The molecule has 0 aliphatic heterocycles. The zero-order valence-electron chi connectivity index (χ0n) is 9.40. The molecule has 0 saturated carbocycles. The summed E-state index contributed by atoms with van der Waals surface area (Å²) in [5.41, 5.74) is 1.60. The Balaban J connectivity index is 2.68. The smallest absolute Gasteiger partial charge is 0.335 e. The van der Waals surface area contributed by atoms with E-state index in [4.69, 9.17) is 5.11 Å². The van der Waals surface area contributed by atoms with Crippen molar-refractivity contribution >= 4 is 16.7 Å². The molecule has 0 fully saturated rings. The molecular weight excluding hydrogens is 200 g/mol. The Morgan fingerprint density at radius 2 is 1.94 bits per heavy atom. The van der Waals surface area contributed by atoms with Crippen LogP contribution in [0.5, 0.6) is 0 Å². The molecule has 0 bridgehead atoms. The predicted molar refractivity (Wildman–Crippen MR) is 65.0 cm³/mol. The van der Waals surface area contributed by atoms with Gasteiger partial charge in [0.2, 0.25) is 0 Å². The second kappa shape index (κ2) is 3.97. The van der Waals surface area contributed by atoms with Crippen LogP contribution in [0.3, 0.4) is 0 Å². The fourth-order valence-corrected chi connectivity index (χ4v) is 1.95. The van der Waals surface area contributed by atoms with Gasteiger partial charge in [-0.1, -0.05) is 38.1 Å². The van der Waals surface area contributed by atoms with Gasteiger partial charge in [0.25, 0.3) is 0 Å². The first kappa shape index (κ1) is 10.7. The molecule has 0 aromatic heterocycles. The summed E-state index contributed by atoms with van der Waals surface area (Å²) in [7, 11) is 0. The number of carboxylic acid groups (broad SMARTS) is 1. The van der Waals surface area contributed by atoms with Crippen molar-refractivity contribution in [3.8, 4) is 0 Å². The van der Waals surface area contributed by atoms with Crippen molar-refractivity contribution < 1.29 is 9.90 Å². The summed E-state index contributed by atoms with van der Waals surface area (Å²) in [5.74, 6) is -0.434. The van der Waals surface area contributed by atoms with Crippen molar-refractivity contribution in [1.82, 2.24) is 0 Å². The van der Waals surface area contributed by atoms with Crippen molar-refractivity contribution in [2.24, 2.45) is 0 Å². The molecule has 0 saturated heterocycles. The topological polar surface area (TPSA) is 37.3 Å². The van der Waals surface area contributed by atoms with Crippen LogP contribution in [0.25, 0.3) is 10.8 Å². The molecule has 2 aromatic rings. The van der Waals surface area contributed by atoms with Gasteiger partial charge in [-0.25, -0.2) is 4.79 Å². The van der Waals surface area contributed by atoms with Gasteiger partial charge < -0.3 is 5.11 Å². The van der Waals surface area contributed by atoms with E-state index in [2.05, 4.69) is 19.9 Å². The number of fused-ring (bicyclic) bond motifs is 1. The highest BCUT2D eigenvalue weighted by molar-refractivity contribution is 5.95. The SMILES string of the molecule is CC(C)c1cccc2cc(C(=O)O)ccc12. The molecule has 82 valence electrons. The van der Waals surface area contributed by atoms with Crippen LogP contribution in [0.2, 0.25) is 0 Å². The van der Waals surface area contributed by atoms with E-state index >= 15 is 0 Å². The minimum Gasteiger partial charge on any atom is -0.478 e. The van der Waals surface area contributed by atoms with Gasteiger partial charge in [-0.05, 0) is 34.4 Å². The van der Waals surface area contributed by atoms with E-state index in [1.54, 1.807) is 12.1 Å². The van der Waals surface area contributed by atoms with E-state index < -0.39 is 5.97 Å². The number of aromatic carboxylic acids is 1. The molecule has 2 rings (SSSR count). The molecule has 0 aliphatic carbocycles. The monoisotopic (exact) mass is 214 g/mol. The van der Waals surface area contributed by atoms with E-state index in [0.717, 1.165) is 10.8 Å². The van der Waals surface area contributed by atoms with E-state index in [0.29, 0.717) is 11.5 Å². The van der Waals surface area contributed by atoms with E-state index in [1.165, 1.54) is 5.56 Å². The van der Waals surface area contributed by atoms with Crippen LogP contribution in [-0.4, -0.2) is 11.1 Å². The highest BCUT2D eigenvalue weighted by Crippen LogP contribution is 2.26. The van der Waals surface area contributed by atoms with Gasteiger partial charge in [0, 0.05) is 0 Å². The van der Waals surface area contributed by atoms with Crippen molar-refractivity contribution in [2.75, 3.05) is 0 Å². The Kier molecular flexibility index (Phi) is 2.65. The quantitative estimate of drug-likeness (QED) is 0.828. The molecule has 1 N–H and O–H groups in total. The van der Waals surface area contributed by atoms with Crippen molar-refractivity contribution in [3.63, 3.8) is 0 Å². The van der Waals surface area contributed by atoms with Crippen LogP contribution in [0, 0.1) is 0 Å². The van der Waals surface area contributed by atoms with Gasteiger partial charge in [-0.3, -0.25) is 0 Å². The number of rotatable bonds is 2. The van der Waals surface area contributed by atoms with E-state index in [1.807, 2.05) is 18.2 Å². The van der Waals surface area contributed by atoms with E-state index in [9.17, 15) is 4.79 Å². The summed E-state index contributed by atoms with van der Waals surface area (Å²) in [6.45, 7) is 4.28. The molecule has 2 heteroatoms. The maximum Gasteiger partial charge on any atom is 0.335 e. The Bertz CT molecular complexity index is 541. The lowest BCUT2D eigenvalue weighted by atomic mass is 9.95. The molecule has 0 amide bonds. The van der Waals surface area contributed by atoms with Gasteiger partial charge in [0.15, 0.2) is 0 Å². The lowest BCUT2D eigenvalue weighted by molar-refractivity contribution is 0.0697. The Labute approximate surface area is 94.5 Å². The van der Waals surface area contributed by atoms with Crippen LogP contribution in [-0.2, 0) is 0 Å². The number of hydrogen-bond donors (Lipinski definition) is 1. The second-order valence-electron chi connectivity index (χ2n) is 4.24. The molecule has 0 atom stereocenters. The predicted octanol–water partition coefficient (Wildman–Crippen LogP) is 3.66. The van der Waals surface area contributed by atoms with Crippen LogP contribution in [0.1, 0.15) is 35.7 Å². The first-order chi connectivity index (χ1) is 7.59. The van der Waals surface area contributed by atoms with Crippen LogP contribution in [0.15, 0.2) is 36.4 Å². The summed E-state index contributed by atoms with van der Waals surface area (Å²) in [6.07, 6.45) is 0. The Hall–Kier alpha value is -1.83. The zero-order chi connectivity index (χ0) is 11.7. The van der Waals surface area contributed by atoms with Gasteiger partial charge in [-0.2, -0.15) is 0 Å². The standard InChI is InChI=1S/C14H14O2/c1-9(2)12-5-3-4-10-8-11(14(15)16)6-7-13(10)12/h3-9H,1-2H3,(H,15,16). The van der Waals surface area contributed by atoms with E-state index in [-0.39, 0.29) is 0 Å². The molecule has 0 aliphatic rings. The Morgan fingerprint density at radius 1 is 1.19 bits per heavy atom. The molecule has 2 nitrogen and oxygen atoms in total. The van der Waals surface area contributed by atoms with Crippen molar-refractivity contribution in [3.05, 3.63) is 47.5 Å². The minimum atomic E-state index is -0.878. The van der Waals surface area contributed by atoms with Crippen LogP contribution >= 0.6 is 0 Å². The molecule has 0 unspecified atom stereocenters. The number of benzene rings is 2. The molecule has 0 heterocycles. The fraction of sp³-hybridized carbons (Fsp3) is 0.214. The average molecular weight is 214 g/mol. The summed E-state index contributed by atoms with van der Waals surface area (Å²) < 4.78 is 0. The summed E-state index contributed by atoms with van der Waals surface area (Å²) in [4.78, 5) is 10.9. The first-order valence-electron chi connectivity index (χ1n) is 5.35. The maximum absolute atomic E-state index is 10.9. The van der Waals surface area contributed by atoms with Crippen LogP contribution < -0.4 is 0 Å². The summed E-state index contributed by atoms with van der Waals surface area (Å²) in [6, 6.07) is 11.3. The Morgan fingerprint density at radius 3 is 2.56 bits per heavy atom. The lowest BCUT2D eigenvalue weighted by Crippen LogP contribution is -1.96. The fourth-order valence-electron chi connectivity index (χ4n) is 1.95. The molecular formula is C14H14O2. The van der Waals surface area contributed by atoms with Gasteiger partial charge in [0.05, 0.1) is 5.56 Å². The molecule has 16 heavy (non-hydrogen) atoms. The largest absolute Gasteiger partial charge is 0.478 e. The van der Waals surface area contributed by atoms with Crippen molar-refractivity contribution in [2.45, 2.75) is 19.8 Å². The maximum atomic E-state index is 10.9. The van der Waals surface area contributed by atoms with Gasteiger partial charge in [0.1, 0.15) is 0 Å². The molecule has 2 aromatic carbocycles. The molecule has 0 radical (unpaired) electrons. The second-order valence-corrected chi connectivity index (χ2v) is 4.24. The summed E-state index contributed by atoms with van der Waals surface area (Å²) >= 11 is 0. The van der Waals surface area contributed by atoms with Crippen LogP contribution in [0.4, 0.5) is 0 Å². The third-order valence-electron chi connectivity index (χ3n) is 2.78. The zero-order valence-corrected chi connectivity index (χ0v) is 9.40. The third-order valence-corrected chi connectivity index (χ3v) is 2.78. The number of carboxylic acids is 1. The average Bonchev–Trinajstić information content (AvgIpc) is 2.27. The summed E-state index contributed by atoms with van der Waals surface area (Å²) in [5, 5.41) is 11.1. The van der Waals surface area contributed by atoms with Crippen molar-refractivity contribution in [1.29, 1.82) is 0 Å². The molecule has 0 spiro atoms. The minimum absolute atomic E-state index is 0.341. The highest BCUT2D eigenvalue weighted by Gasteiger charge is 2.07.